The van der Waals surface area contributed by atoms with Gasteiger partial charge in [-0.3, -0.25) is 0 Å². The second kappa shape index (κ2) is 4.92. The normalized spacial score (nSPS) is 12.4. The standard InChI is InChI=1S/C11H15N5O/c1-3-16-9(7-14-15-16)10(12)8-5-4-6-13-11(8)17-2/h4-7,10H,3,12H2,1-2H3. The molecule has 2 aromatic heterocycles. The van der Waals surface area contributed by atoms with E-state index in [0.717, 1.165) is 17.8 Å². The molecular formula is C11H15N5O. The van der Waals surface area contributed by atoms with E-state index in [-0.39, 0.29) is 6.04 Å². The van der Waals surface area contributed by atoms with Crippen LogP contribution < -0.4 is 10.5 Å². The summed E-state index contributed by atoms with van der Waals surface area (Å²) in [6.45, 7) is 2.72. The van der Waals surface area contributed by atoms with Gasteiger partial charge in [0.25, 0.3) is 0 Å². The Morgan fingerprint density at radius 2 is 2.35 bits per heavy atom. The Morgan fingerprint density at radius 1 is 1.53 bits per heavy atom. The minimum atomic E-state index is -0.339. The first-order valence-corrected chi connectivity index (χ1v) is 5.40. The van der Waals surface area contributed by atoms with Gasteiger partial charge in [0, 0.05) is 18.3 Å². The predicted molar refractivity (Wildman–Crippen MR) is 62.5 cm³/mol. The summed E-state index contributed by atoms with van der Waals surface area (Å²) >= 11 is 0. The van der Waals surface area contributed by atoms with Gasteiger partial charge in [-0.2, -0.15) is 0 Å². The van der Waals surface area contributed by atoms with Crippen LogP contribution in [0.4, 0.5) is 0 Å². The monoisotopic (exact) mass is 233 g/mol. The van der Waals surface area contributed by atoms with E-state index in [0.29, 0.717) is 5.88 Å². The molecule has 0 radical (unpaired) electrons. The van der Waals surface area contributed by atoms with Gasteiger partial charge in [0.1, 0.15) is 0 Å². The summed E-state index contributed by atoms with van der Waals surface area (Å²) < 4.78 is 6.96. The number of hydrogen-bond donors (Lipinski definition) is 1. The summed E-state index contributed by atoms with van der Waals surface area (Å²) in [5.41, 5.74) is 7.86. The zero-order valence-electron chi connectivity index (χ0n) is 9.87. The second-order valence-electron chi connectivity index (χ2n) is 3.55. The molecule has 0 bridgehead atoms. The van der Waals surface area contributed by atoms with Crippen molar-refractivity contribution in [2.45, 2.75) is 19.5 Å². The predicted octanol–water partition coefficient (Wildman–Crippen LogP) is 0.750. The highest BCUT2D eigenvalue weighted by Gasteiger charge is 2.18. The highest BCUT2D eigenvalue weighted by atomic mass is 16.5. The van der Waals surface area contributed by atoms with Gasteiger partial charge in [0.05, 0.1) is 25.0 Å². The maximum Gasteiger partial charge on any atom is 0.218 e. The molecule has 0 saturated carbocycles. The van der Waals surface area contributed by atoms with E-state index in [1.807, 2.05) is 19.1 Å². The first-order chi connectivity index (χ1) is 8.27. The lowest BCUT2D eigenvalue weighted by Gasteiger charge is -2.14. The maximum absolute atomic E-state index is 6.19. The van der Waals surface area contributed by atoms with Crippen molar-refractivity contribution in [2.24, 2.45) is 5.73 Å². The molecule has 1 unspecified atom stereocenters. The van der Waals surface area contributed by atoms with E-state index in [4.69, 9.17) is 10.5 Å². The van der Waals surface area contributed by atoms with Crippen LogP contribution in [0, 0.1) is 0 Å². The topological polar surface area (TPSA) is 78.9 Å². The van der Waals surface area contributed by atoms with Crippen LogP contribution in [0.3, 0.4) is 0 Å². The third-order valence-corrected chi connectivity index (χ3v) is 2.59. The molecule has 6 nitrogen and oxygen atoms in total. The van der Waals surface area contributed by atoms with Gasteiger partial charge in [-0.1, -0.05) is 11.3 Å². The zero-order valence-corrected chi connectivity index (χ0v) is 9.87. The molecule has 0 aromatic carbocycles. The van der Waals surface area contributed by atoms with Crippen molar-refractivity contribution in [3.63, 3.8) is 0 Å². The SMILES string of the molecule is CCn1nncc1C(N)c1cccnc1OC. The molecule has 6 heteroatoms. The van der Waals surface area contributed by atoms with Crippen LogP contribution in [-0.4, -0.2) is 27.1 Å². The van der Waals surface area contributed by atoms with Crippen molar-refractivity contribution in [1.29, 1.82) is 0 Å². The van der Waals surface area contributed by atoms with Crippen molar-refractivity contribution in [3.05, 3.63) is 35.8 Å². The minimum absolute atomic E-state index is 0.339. The van der Waals surface area contributed by atoms with Gasteiger partial charge in [-0.25, -0.2) is 9.67 Å². The number of pyridine rings is 1. The summed E-state index contributed by atoms with van der Waals surface area (Å²) in [6.07, 6.45) is 3.34. The number of nitrogens with two attached hydrogens (primary N) is 1. The first kappa shape index (κ1) is 11.5. The van der Waals surface area contributed by atoms with Crippen molar-refractivity contribution in [1.82, 2.24) is 20.0 Å². The van der Waals surface area contributed by atoms with E-state index in [1.54, 1.807) is 24.2 Å². The third kappa shape index (κ3) is 2.12. The number of rotatable bonds is 4. The summed E-state index contributed by atoms with van der Waals surface area (Å²) in [6, 6.07) is 3.38. The van der Waals surface area contributed by atoms with E-state index >= 15 is 0 Å². The van der Waals surface area contributed by atoms with Crippen molar-refractivity contribution in [2.75, 3.05) is 7.11 Å². The quantitative estimate of drug-likeness (QED) is 0.843. The smallest absolute Gasteiger partial charge is 0.218 e. The Bertz CT molecular complexity index is 496. The summed E-state index contributed by atoms with van der Waals surface area (Å²) in [7, 11) is 1.58. The molecule has 0 amide bonds. The highest BCUT2D eigenvalue weighted by Crippen LogP contribution is 2.25. The lowest BCUT2D eigenvalue weighted by molar-refractivity contribution is 0.389. The zero-order chi connectivity index (χ0) is 12.3. The molecule has 0 aliphatic rings. The molecule has 2 rings (SSSR count). The molecule has 2 N–H and O–H groups in total. The van der Waals surface area contributed by atoms with Gasteiger partial charge in [-0.05, 0) is 13.0 Å². The Balaban J connectivity index is 2.40. The fourth-order valence-electron chi connectivity index (χ4n) is 1.72. The molecular weight excluding hydrogens is 218 g/mol. The lowest BCUT2D eigenvalue weighted by atomic mass is 10.1. The van der Waals surface area contributed by atoms with Crippen molar-refractivity contribution in [3.8, 4) is 5.88 Å². The van der Waals surface area contributed by atoms with Crippen molar-refractivity contribution < 1.29 is 4.74 Å². The number of methoxy groups -OCH3 is 1. The van der Waals surface area contributed by atoms with Gasteiger partial charge in [0.15, 0.2) is 0 Å². The average Bonchev–Trinajstić information content (AvgIpc) is 2.86. The molecule has 90 valence electrons. The molecule has 0 fully saturated rings. The van der Waals surface area contributed by atoms with Crippen LogP contribution in [-0.2, 0) is 6.54 Å². The Morgan fingerprint density at radius 3 is 3.06 bits per heavy atom. The maximum atomic E-state index is 6.19. The number of aryl methyl sites for hydroxylation is 1. The van der Waals surface area contributed by atoms with Crippen LogP contribution in [0.1, 0.15) is 24.2 Å². The minimum Gasteiger partial charge on any atom is -0.481 e. The molecule has 1 atom stereocenters. The number of ether oxygens (including phenoxy) is 1. The van der Waals surface area contributed by atoms with Gasteiger partial charge in [-0.15, -0.1) is 5.10 Å². The average molecular weight is 233 g/mol. The summed E-state index contributed by atoms with van der Waals surface area (Å²) in [4.78, 5) is 4.13. The van der Waals surface area contributed by atoms with Crippen molar-refractivity contribution >= 4 is 0 Å². The highest BCUT2D eigenvalue weighted by molar-refractivity contribution is 5.33. The molecule has 0 aliphatic heterocycles. The van der Waals surface area contributed by atoms with Gasteiger partial charge >= 0.3 is 0 Å². The van der Waals surface area contributed by atoms with Crippen LogP contribution in [0.15, 0.2) is 24.5 Å². The van der Waals surface area contributed by atoms with E-state index in [2.05, 4.69) is 15.3 Å². The molecule has 2 aromatic rings. The molecule has 17 heavy (non-hydrogen) atoms. The second-order valence-corrected chi connectivity index (χ2v) is 3.55. The molecule has 2 heterocycles. The van der Waals surface area contributed by atoms with Crippen LogP contribution >= 0.6 is 0 Å². The first-order valence-electron chi connectivity index (χ1n) is 5.40. The fourth-order valence-corrected chi connectivity index (χ4v) is 1.72. The molecule has 0 saturated heterocycles. The number of nitrogens with zero attached hydrogens (tertiary/aromatic N) is 4. The van der Waals surface area contributed by atoms with Crippen LogP contribution in [0.2, 0.25) is 0 Å². The Labute approximate surface area is 99.4 Å². The van der Waals surface area contributed by atoms with Gasteiger partial charge < -0.3 is 10.5 Å². The van der Waals surface area contributed by atoms with Crippen LogP contribution in [0.5, 0.6) is 5.88 Å². The third-order valence-electron chi connectivity index (χ3n) is 2.59. The van der Waals surface area contributed by atoms with Gasteiger partial charge in [0.2, 0.25) is 5.88 Å². The summed E-state index contributed by atoms with van der Waals surface area (Å²) in [5, 5.41) is 7.83. The number of aromatic nitrogens is 4. The van der Waals surface area contributed by atoms with Crippen LogP contribution in [0.25, 0.3) is 0 Å². The van der Waals surface area contributed by atoms with E-state index in [1.165, 1.54) is 0 Å². The fraction of sp³-hybridized carbons (Fsp3) is 0.364. The lowest BCUT2D eigenvalue weighted by Crippen LogP contribution is -2.18. The summed E-state index contributed by atoms with van der Waals surface area (Å²) in [5.74, 6) is 0.531. The Hall–Kier alpha value is -1.95. The number of hydrogen-bond acceptors (Lipinski definition) is 5. The Kier molecular flexibility index (Phi) is 3.34. The largest absolute Gasteiger partial charge is 0.481 e. The van der Waals surface area contributed by atoms with E-state index < -0.39 is 0 Å². The van der Waals surface area contributed by atoms with E-state index in [9.17, 15) is 0 Å². The molecule has 0 aliphatic carbocycles. The molecule has 0 spiro atoms.